The quantitative estimate of drug-likeness (QED) is 0.531. The number of carbonyl (C=O) groups excluding carboxylic acids is 1. The highest BCUT2D eigenvalue weighted by atomic mass is 32.1. The van der Waals surface area contributed by atoms with Crippen LogP contribution in [-0.2, 0) is 0 Å². The summed E-state index contributed by atoms with van der Waals surface area (Å²) >= 11 is 1.54. The Labute approximate surface area is 162 Å². The standard InChI is InChI=1S/C19H14F2N4O2S/c1-11-4-5-15(27-19(20)21)13(9-11)24-18(26)12-10-23-25-14(6-7-22-17(12)25)16-3-2-8-28-16/h2-10,19H,1H3,(H,24,26). The predicted molar refractivity (Wildman–Crippen MR) is 102 cm³/mol. The monoisotopic (exact) mass is 400 g/mol. The Morgan fingerprint density at radius 1 is 1.29 bits per heavy atom. The molecule has 0 saturated carbocycles. The molecule has 4 aromatic rings. The van der Waals surface area contributed by atoms with Crippen molar-refractivity contribution >= 4 is 28.6 Å². The van der Waals surface area contributed by atoms with Gasteiger partial charge in [-0.25, -0.2) is 9.50 Å². The van der Waals surface area contributed by atoms with Crippen molar-refractivity contribution in [3.63, 3.8) is 0 Å². The molecule has 0 aliphatic rings. The van der Waals surface area contributed by atoms with Crippen molar-refractivity contribution in [1.82, 2.24) is 14.6 Å². The number of nitrogens with zero attached hydrogens (tertiary/aromatic N) is 3. The van der Waals surface area contributed by atoms with Crippen molar-refractivity contribution in [2.24, 2.45) is 0 Å². The highest BCUT2D eigenvalue weighted by Gasteiger charge is 2.19. The SMILES string of the molecule is Cc1ccc(OC(F)F)c(NC(=O)c2cnn3c(-c4cccs4)ccnc23)c1. The molecule has 0 saturated heterocycles. The number of hydrogen-bond donors (Lipinski definition) is 1. The second kappa shape index (κ2) is 7.35. The number of rotatable bonds is 5. The van der Waals surface area contributed by atoms with Gasteiger partial charge in [0, 0.05) is 6.20 Å². The molecular weight excluding hydrogens is 386 g/mol. The zero-order valence-electron chi connectivity index (χ0n) is 14.6. The molecule has 0 spiro atoms. The molecule has 0 bridgehead atoms. The lowest BCUT2D eigenvalue weighted by Crippen LogP contribution is -2.14. The van der Waals surface area contributed by atoms with E-state index in [1.54, 1.807) is 41.1 Å². The lowest BCUT2D eigenvalue weighted by atomic mass is 10.2. The van der Waals surface area contributed by atoms with Crippen LogP contribution in [0.2, 0.25) is 0 Å². The number of anilines is 1. The maximum Gasteiger partial charge on any atom is 0.387 e. The van der Waals surface area contributed by atoms with Gasteiger partial charge in [0.15, 0.2) is 5.65 Å². The van der Waals surface area contributed by atoms with Gasteiger partial charge in [0.05, 0.1) is 22.5 Å². The van der Waals surface area contributed by atoms with E-state index in [-0.39, 0.29) is 17.0 Å². The van der Waals surface area contributed by atoms with Crippen molar-refractivity contribution in [2.45, 2.75) is 13.5 Å². The van der Waals surface area contributed by atoms with Gasteiger partial charge in [0.25, 0.3) is 5.91 Å². The van der Waals surface area contributed by atoms with E-state index in [0.717, 1.165) is 16.1 Å². The van der Waals surface area contributed by atoms with Crippen LogP contribution >= 0.6 is 11.3 Å². The number of nitrogens with one attached hydrogen (secondary N) is 1. The third kappa shape index (κ3) is 3.44. The summed E-state index contributed by atoms with van der Waals surface area (Å²) in [5, 5.41) is 8.84. The van der Waals surface area contributed by atoms with E-state index in [9.17, 15) is 13.6 Å². The molecule has 0 unspecified atom stereocenters. The van der Waals surface area contributed by atoms with Gasteiger partial charge in [-0.05, 0) is 42.1 Å². The van der Waals surface area contributed by atoms with E-state index in [2.05, 4.69) is 20.1 Å². The van der Waals surface area contributed by atoms with E-state index in [4.69, 9.17) is 0 Å². The van der Waals surface area contributed by atoms with Crippen LogP contribution in [0.15, 0.2) is 54.2 Å². The van der Waals surface area contributed by atoms with E-state index in [1.807, 2.05) is 23.6 Å². The number of fused-ring (bicyclic) bond motifs is 1. The van der Waals surface area contributed by atoms with E-state index in [0.29, 0.717) is 5.65 Å². The lowest BCUT2D eigenvalue weighted by Gasteiger charge is -2.12. The third-order valence-electron chi connectivity index (χ3n) is 4.02. The molecule has 0 aliphatic heterocycles. The molecule has 1 amide bonds. The summed E-state index contributed by atoms with van der Waals surface area (Å²) in [5.41, 5.74) is 2.33. The molecule has 6 nitrogen and oxygen atoms in total. The molecule has 0 atom stereocenters. The fourth-order valence-corrected chi connectivity index (χ4v) is 3.53. The lowest BCUT2D eigenvalue weighted by molar-refractivity contribution is -0.0493. The minimum atomic E-state index is -3.00. The summed E-state index contributed by atoms with van der Waals surface area (Å²) in [6, 6.07) is 10.2. The molecule has 0 aliphatic carbocycles. The molecule has 3 heterocycles. The molecule has 4 rings (SSSR count). The van der Waals surface area contributed by atoms with Crippen molar-refractivity contribution < 1.29 is 18.3 Å². The van der Waals surface area contributed by atoms with Gasteiger partial charge in [-0.3, -0.25) is 4.79 Å². The number of hydrogen-bond acceptors (Lipinski definition) is 5. The maximum absolute atomic E-state index is 12.8. The van der Waals surface area contributed by atoms with Gasteiger partial charge >= 0.3 is 6.61 Å². The first-order chi connectivity index (χ1) is 13.5. The fraction of sp³-hybridized carbons (Fsp3) is 0.105. The number of amides is 1. The Hall–Kier alpha value is -3.33. The molecule has 28 heavy (non-hydrogen) atoms. The van der Waals surface area contributed by atoms with Gasteiger partial charge in [0.2, 0.25) is 0 Å². The van der Waals surface area contributed by atoms with Crippen molar-refractivity contribution in [2.75, 3.05) is 5.32 Å². The highest BCUT2D eigenvalue weighted by Crippen LogP contribution is 2.29. The second-order valence-electron chi connectivity index (χ2n) is 5.93. The Morgan fingerprint density at radius 2 is 2.14 bits per heavy atom. The molecular formula is C19H14F2N4O2S. The van der Waals surface area contributed by atoms with Gasteiger partial charge in [-0.15, -0.1) is 11.3 Å². The van der Waals surface area contributed by atoms with Crippen molar-refractivity contribution in [3.05, 3.63) is 65.3 Å². The molecule has 1 N–H and O–H groups in total. The van der Waals surface area contributed by atoms with Gasteiger partial charge in [0.1, 0.15) is 11.3 Å². The smallest absolute Gasteiger partial charge is 0.387 e. The average molecular weight is 400 g/mol. The number of aryl methyl sites for hydroxylation is 1. The summed E-state index contributed by atoms with van der Waals surface area (Å²) in [7, 11) is 0. The fourth-order valence-electron chi connectivity index (χ4n) is 2.79. The third-order valence-corrected chi connectivity index (χ3v) is 4.91. The van der Waals surface area contributed by atoms with Gasteiger partial charge in [-0.2, -0.15) is 13.9 Å². The minimum absolute atomic E-state index is 0.113. The second-order valence-corrected chi connectivity index (χ2v) is 6.88. The number of thiophene rings is 1. The van der Waals surface area contributed by atoms with Gasteiger partial charge in [-0.1, -0.05) is 12.1 Å². The zero-order valence-corrected chi connectivity index (χ0v) is 15.4. The minimum Gasteiger partial charge on any atom is -0.433 e. The largest absolute Gasteiger partial charge is 0.433 e. The van der Waals surface area contributed by atoms with Crippen LogP contribution < -0.4 is 10.1 Å². The van der Waals surface area contributed by atoms with Crippen LogP contribution in [0.1, 0.15) is 15.9 Å². The number of carbonyl (C=O) groups is 1. The Morgan fingerprint density at radius 3 is 2.89 bits per heavy atom. The summed E-state index contributed by atoms with van der Waals surface area (Å²) in [6.07, 6.45) is 3.00. The summed E-state index contributed by atoms with van der Waals surface area (Å²) in [6.45, 7) is -1.21. The Bertz CT molecular complexity index is 1140. The summed E-state index contributed by atoms with van der Waals surface area (Å²) in [4.78, 5) is 18.0. The number of ether oxygens (including phenoxy) is 1. The zero-order chi connectivity index (χ0) is 19.7. The predicted octanol–water partition coefficient (Wildman–Crippen LogP) is 4.62. The molecule has 0 radical (unpaired) electrons. The van der Waals surface area contributed by atoms with Crippen LogP contribution in [0.4, 0.5) is 14.5 Å². The highest BCUT2D eigenvalue weighted by molar-refractivity contribution is 7.13. The van der Waals surface area contributed by atoms with Crippen LogP contribution in [0.5, 0.6) is 5.75 Å². The average Bonchev–Trinajstić information content (AvgIpc) is 3.33. The van der Waals surface area contributed by atoms with Crippen molar-refractivity contribution in [3.8, 4) is 16.3 Å². The number of alkyl halides is 2. The molecule has 3 aromatic heterocycles. The molecule has 0 fully saturated rings. The van der Waals surface area contributed by atoms with Crippen LogP contribution in [-0.4, -0.2) is 27.1 Å². The van der Waals surface area contributed by atoms with Crippen LogP contribution in [0.3, 0.4) is 0 Å². The Balaban J connectivity index is 1.69. The van der Waals surface area contributed by atoms with E-state index < -0.39 is 12.5 Å². The van der Waals surface area contributed by atoms with E-state index >= 15 is 0 Å². The van der Waals surface area contributed by atoms with Crippen molar-refractivity contribution in [1.29, 1.82) is 0 Å². The number of halogens is 2. The van der Waals surface area contributed by atoms with Crippen LogP contribution in [0.25, 0.3) is 16.2 Å². The van der Waals surface area contributed by atoms with Gasteiger partial charge < -0.3 is 10.1 Å². The number of benzene rings is 1. The molecule has 9 heteroatoms. The topological polar surface area (TPSA) is 68.5 Å². The maximum atomic E-state index is 12.8. The normalized spacial score (nSPS) is 11.1. The summed E-state index contributed by atoms with van der Waals surface area (Å²) in [5.74, 6) is -0.631. The first-order valence-electron chi connectivity index (χ1n) is 8.26. The van der Waals surface area contributed by atoms with Crippen LogP contribution in [0, 0.1) is 6.92 Å². The summed E-state index contributed by atoms with van der Waals surface area (Å²) < 4.78 is 31.4. The first kappa shape index (κ1) is 18.1. The molecule has 1 aromatic carbocycles. The Kier molecular flexibility index (Phi) is 4.74. The first-order valence-corrected chi connectivity index (χ1v) is 9.14. The number of aromatic nitrogens is 3. The molecule has 142 valence electrons. The van der Waals surface area contributed by atoms with E-state index in [1.165, 1.54) is 12.3 Å².